The molecule has 0 aromatic heterocycles. The van der Waals surface area contributed by atoms with E-state index >= 15 is 0 Å². The summed E-state index contributed by atoms with van der Waals surface area (Å²) in [5.74, 6) is 4.40. The molecule has 3 saturated carbocycles. The Morgan fingerprint density at radius 2 is 1.92 bits per heavy atom. The SMILES string of the molecule is CC(C)CCC[C@@H](C)[C@H]1CCC2C3C(CC[C@@]21C)[C@@]1(C)CC[C@H](O)CC1=C[C@@H]3CNC(=O)N(CCCl)N=O. The third-order valence-corrected chi connectivity index (χ3v) is 11.7. The average Bonchev–Trinajstić information content (AvgIpc) is 3.23. The Kier molecular flexibility index (Phi) is 9.55. The number of alkyl halides is 1. The van der Waals surface area contributed by atoms with E-state index in [9.17, 15) is 14.8 Å². The fourth-order valence-electron chi connectivity index (χ4n) is 9.58. The van der Waals surface area contributed by atoms with Gasteiger partial charge in [0.25, 0.3) is 0 Å². The minimum Gasteiger partial charge on any atom is -0.393 e. The van der Waals surface area contributed by atoms with Crippen molar-refractivity contribution in [1.29, 1.82) is 0 Å². The Morgan fingerprint density at radius 3 is 2.61 bits per heavy atom. The first kappa shape index (κ1) is 29.8. The molecule has 3 fully saturated rings. The van der Waals surface area contributed by atoms with Crippen molar-refractivity contribution in [1.82, 2.24) is 10.3 Å². The highest BCUT2D eigenvalue weighted by Crippen LogP contribution is 2.68. The summed E-state index contributed by atoms with van der Waals surface area (Å²) in [6.07, 6.45) is 13.9. The van der Waals surface area contributed by atoms with E-state index in [-0.39, 0.29) is 29.9 Å². The standard InChI is InChI=1S/C31H52ClN3O3/c1-20(2)7-6-8-21(3)25-9-10-26-28-22(19-33-29(37)35(34-38)16-15-32)17-23-18-24(36)11-13-30(23,4)27(28)12-14-31(25,26)5/h17,20-22,24-28,36H,6-16,18-19H2,1-5H3,(H,33,37)/t21-,22-,24+,25-,26?,27?,28?,30+,31-/m1/s1. The van der Waals surface area contributed by atoms with Crippen LogP contribution in [0.15, 0.2) is 16.9 Å². The number of carbonyl (C=O) groups is 1. The summed E-state index contributed by atoms with van der Waals surface area (Å²) < 4.78 is 0. The van der Waals surface area contributed by atoms with E-state index < -0.39 is 6.03 Å². The maximum absolute atomic E-state index is 12.7. The first-order valence-corrected chi connectivity index (χ1v) is 15.9. The van der Waals surface area contributed by atoms with Gasteiger partial charge in [0.2, 0.25) is 0 Å². The highest BCUT2D eigenvalue weighted by molar-refractivity contribution is 6.18. The summed E-state index contributed by atoms with van der Waals surface area (Å²) in [5, 5.41) is 17.3. The van der Waals surface area contributed by atoms with Crippen LogP contribution in [0.3, 0.4) is 0 Å². The molecule has 7 heteroatoms. The number of nitrogens with one attached hydrogen (secondary N) is 1. The Hall–Kier alpha value is -1.14. The number of aliphatic hydroxyl groups excluding tert-OH is 1. The monoisotopic (exact) mass is 549 g/mol. The topological polar surface area (TPSA) is 82.0 Å². The molecule has 4 aliphatic rings. The number of urea groups is 1. The molecule has 4 rings (SSSR count). The molecule has 0 saturated heterocycles. The van der Waals surface area contributed by atoms with E-state index in [0.29, 0.717) is 29.7 Å². The van der Waals surface area contributed by atoms with Gasteiger partial charge in [-0.15, -0.1) is 16.5 Å². The number of hydrogen-bond donors (Lipinski definition) is 2. The highest BCUT2D eigenvalue weighted by Gasteiger charge is 2.61. The van der Waals surface area contributed by atoms with Crippen LogP contribution < -0.4 is 5.32 Å². The zero-order valence-electron chi connectivity index (χ0n) is 24.4. The van der Waals surface area contributed by atoms with Gasteiger partial charge in [-0.25, -0.2) is 4.79 Å². The number of carbonyl (C=O) groups excluding carboxylic acids is 1. The van der Waals surface area contributed by atoms with Gasteiger partial charge in [-0.2, -0.15) is 5.01 Å². The molecule has 3 unspecified atom stereocenters. The third kappa shape index (κ3) is 5.68. The molecule has 9 atom stereocenters. The lowest BCUT2D eigenvalue weighted by atomic mass is 9.45. The minimum absolute atomic E-state index is 0.107. The van der Waals surface area contributed by atoms with Gasteiger partial charge >= 0.3 is 6.03 Å². The van der Waals surface area contributed by atoms with Crippen molar-refractivity contribution < 1.29 is 9.90 Å². The molecule has 2 amide bonds. The second kappa shape index (κ2) is 12.2. The Bertz CT molecular complexity index is 880. The molecule has 0 aliphatic heterocycles. The van der Waals surface area contributed by atoms with Crippen molar-refractivity contribution in [3.8, 4) is 0 Å². The Labute approximate surface area is 235 Å². The van der Waals surface area contributed by atoms with Gasteiger partial charge in [0, 0.05) is 12.4 Å². The van der Waals surface area contributed by atoms with Crippen LogP contribution in [0.2, 0.25) is 0 Å². The molecule has 0 spiro atoms. The van der Waals surface area contributed by atoms with E-state index in [2.05, 4.69) is 51.3 Å². The largest absolute Gasteiger partial charge is 0.393 e. The van der Waals surface area contributed by atoms with Gasteiger partial charge in [0.1, 0.15) is 0 Å². The number of amides is 2. The normalized spacial score (nSPS) is 39.0. The van der Waals surface area contributed by atoms with Crippen molar-refractivity contribution >= 4 is 17.6 Å². The molecule has 0 heterocycles. The number of nitroso groups, excluding NO2 is 1. The maximum atomic E-state index is 12.7. The molecule has 2 N–H and O–H groups in total. The van der Waals surface area contributed by atoms with Crippen molar-refractivity contribution in [2.24, 2.45) is 57.5 Å². The van der Waals surface area contributed by atoms with Crippen LogP contribution in [0.4, 0.5) is 4.79 Å². The van der Waals surface area contributed by atoms with Crippen LogP contribution in [0.1, 0.15) is 98.8 Å². The zero-order valence-corrected chi connectivity index (χ0v) is 25.2. The molecule has 38 heavy (non-hydrogen) atoms. The maximum Gasteiger partial charge on any atom is 0.340 e. The van der Waals surface area contributed by atoms with Crippen LogP contribution in [0.5, 0.6) is 0 Å². The summed E-state index contributed by atoms with van der Waals surface area (Å²) in [5.41, 5.74) is 1.87. The smallest absolute Gasteiger partial charge is 0.340 e. The lowest BCUT2D eigenvalue weighted by Gasteiger charge is -2.60. The predicted octanol–water partition coefficient (Wildman–Crippen LogP) is 7.55. The molecule has 216 valence electrons. The van der Waals surface area contributed by atoms with Crippen LogP contribution >= 0.6 is 11.6 Å². The minimum atomic E-state index is -0.464. The molecule has 0 radical (unpaired) electrons. The summed E-state index contributed by atoms with van der Waals surface area (Å²) >= 11 is 5.77. The number of nitrogens with zero attached hydrogens (tertiary/aromatic N) is 2. The third-order valence-electron chi connectivity index (χ3n) is 11.6. The number of hydrogen-bond acceptors (Lipinski definition) is 4. The predicted molar refractivity (Wildman–Crippen MR) is 155 cm³/mol. The molecule has 6 nitrogen and oxygen atoms in total. The molecular formula is C31H52ClN3O3. The van der Waals surface area contributed by atoms with Crippen molar-refractivity contribution in [3.63, 3.8) is 0 Å². The van der Waals surface area contributed by atoms with Crippen LogP contribution in [-0.2, 0) is 0 Å². The Balaban J connectivity index is 1.58. The van der Waals surface area contributed by atoms with E-state index in [1.165, 1.54) is 50.5 Å². The van der Waals surface area contributed by atoms with Gasteiger partial charge < -0.3 is 10.4 Å². The molecule has 0 aromatic rings. The fourth-order valence-corrected chi connectivity index (χ4v) is 9.74. The lowest BCUT2D eigenvalue weighted by molar-refractivity contribution is -0.0751. The number of rotatable bonds is 10. The second-order valence-electron chi connectivity index (χ2n) is 14.1. The van der Waals surface area contributed by atoms with Gasteiger partial charge in [0.05, 0.1) is 17.9 Å². The fraction of sp³-hybridized carbons (Fsp3) is 0.903. The second-order valence-corrected chi connectivity index (χ2v) is 14.4. The average molecular weight is 550 g/mol. The summed E-state index contributed by atoms with van der Waals surface area (Å²) in [7, 11) is 0. The molecule has 0 aromatic carbocycles. The van der Waals surface area contributed by atoms with E-state index in [0.717, 1.165) is 42.0 Å². The van der Waals surface area contributed by atoms with Crippen LogP contribution in [0, 0.1) is 57.2 Å². The van der Waals surface area contributed by atoms with E-state index in [1.807, 2.05) is 0 Å². The van der Waals surface area contributed by atoms with Crippen LogP contribution in [0.25, 0.3) is 0 Å². The number of fused-ring (bicyclic) bond motifs is 5. The number of aliphatic hydroxyl groups is 1. The first-order valence-electron chi connectivity index (χ1n) is 15.4. The molecule has 0 bridgehead atoms. The summed E-state index contributed by atoms with van der Waals surface area (Å²) in [4.78, 5) is 23.9. The van der Waals surface area contributed by atoms with Gasteiger partial charge in [0.15, 0.2) is 0 Å². The summed E-state index contributed by atoms with van der Waals surface area (Å²) in [6.45, 7) is 12.8. The zero-order chi connectivity index (χ0) is 27.7. The lowest BCUT2D eigenvalue weighted by Crippen LogP contribution is -2.55. The van der Waals surface area contributed by atoms with Crippen molar-refractivity contribution in [2.75, 3.05) is 19.0 Å². The number of halogens is 1. The molecular weight excluding hydrogens is 498 g/mol. The van der Waals surface area contributed by atoms with E-state index in [4.69, 9.17) is 11.6 Å². The quantitative estimate of drug-likeness (QED) is 0.128. The van der Waals surface area contributed by atoms with Crippen molar-refractivity contribution in [3.05, 3.63) is 16.6 Å². The highest BCUT2D eigenvalue weighted by atomic mass is 35.5. The van der Waals surface area contributed by atoms with Gasteiger partial charge in [-0.1, -0.05) is 65.5 Å². The van der Waals surface area contributed by atoms with Crippen molar-refractivity contribution in [2.45, 2.75) is 105 Å². The summed E-state index contributed by atoms with van der Waals surface area (Å²) in [6, 6.07) is -0.464. The van der Waals surface area contributed by atoms with Crippen LogP contribution in [-0.4, -0.2) is 41.2 Å². The van der Waals surface area contributed by atoms with Gasteiger partial charge in [-0.3, -0.25) is 0 Å². The Morgan fingerprint density at radius 1 is 1.16 bits per heavy atom. The van der Waals surface area contributed by atoms with E-state index in [1.54, 1.807) is 0 Å². The van der Waals surface area contributed by atoms with Gasteiger partial charge in [-0.05, 0) is 97.2 Å². The first-order chi connectivity index (χ1) is 18.0. The molecule has 4 aliphatic carbocycles.